The summed E-state index contributed by atoms with van der Waals surface area (Å²) in [6.07, 6.45) is -4.87. The van der Waals surface area contributed by atoms with Crippen molar-refractivity contribution in [2.75, 3.05) is 0 Å². The molecule has 2 heterocycles. The van der Waals surface area contributed by atoms with E-state index in [1.54, 1.807) is 17.4 Å². The summed E-state index contributed by atoms with van der Waals surface area (Å²) in [5.74, 6) is -1.22. The quantitative estimate of drug-likeness (QED) is 0.693. The van der Waals surface area contributed by atoms with Gasteiger partial charge in [-0.05, 0) is 36.1 Å². The van der Waals surface area contributed by atoms with Crippen molar-refractivity contribution < 1.29 is 22.7 Å². The maximum atomic E-state index is 12.4. The van der Waals surface area contributed by atoms with Gasteiger partial charge in [0.15, 0.2) is 0 Å². The molecule has 1 amide bonds. The molecule has 9 heteroatoms. The van der Waals surface area contributed by atoms with Crippen molar-refractivity contribution in [1.82, 2.24) is 15.5 Å². The van der Waals surface area contributed by atoms with Gasteiger partial charge in [-0.1, -0.05) is 12.1 Å². The standard InChI is InChI=1S/C17H14F3N3O2S/c1-10-8-26-9-13(10)14-6-11(22-23-14)7-21-16(24)12-4-2-3-5-15(12)25-17(18,19)20/h2-6,8-9H,7H2,1H3,(H,21,24)(H,22,23). The molecule has 5 nitrogen and oxygen atoms in total. The smallest absolute Gasteiger partial charge is 0.405 e. The molecular weight excluding hydrogens is 367 g/mol. The number of hydrogen-bond donors (Lipinski definition) is 2. The summed E-state index contributed by atoms with van der Waals surface area (Å²) >= 11 is 1.56. The minimum Gasteiger partial charge on any atom is -0.405 e. The number of ether oxygens (including phenoxy) is 1. The lowest BCUT2D eigenvalue weighted by atomic mass is 10.1. The Morgan fingerprint density at radius 1 is 1.31 bits per heavy atom. The molecular formula is C17H14F3N3O2S. The van der Waals surface area contributed by atoms with Crippen LogP contribution in [0.4, 0.5) is 13.2 Å². The molecule has 0 aliphatic rings. The number of aromatic nitrogens is 2. The Hall–Kier alpha value is -2.81. The number of thiophene rings is 1. The van der Waals surface area contributed by atoms with Gasteiger partial charge >= 0.3 is 6.36 Å². The number of benzene rings is 1. The Morgan fingerprint density at radius 2 is 2.08 bits per heavy atom. The van der Waals surface area contributed by atoms with Crippen molar-refractivity contribution in [3.8, 4) is 17.0 Å². The number of carbonyl (C=O) groups is 1. The normalized spacial score (nSPS) is 11.4. The fourth-order valence-electron chi connectivity index (χ4n) is 2.35. The number of hydrogen-bond acceptors (Lipinski definition) is 4. The van der Waals surface area contributed by atoms with Crippen LogP contribution in [-0.2, 0) is 6.54 Å². The average Bonchev–Trinajstić information content (AvgIpc) is 3.20. The van der Waals surface area contributed by atoms with Gasteiger partial charge in [0.2, 0.25) is 0 Å². The number of alkyl halides is 3. The minimum absolute atomic E-state index is 0.0926. The molecule has 0 radical (unpaired) electrons. The van der Waals surface area contributed by atoms with Crippen molar-refractivity contribution in [2.45, 2.75) is 19.8 Å². The summed E-state index contributed by atoms with van der Waals surface area (Å²) < 4.78 is 41.2. The first-order chi connectivity index (χ1) is 12.3. The summed E-state index contributed by atoms with van der Waals surface area (Å²) in [6.45, 7) is 2.06. The monoisotopic (exact) mass is 381 g/mol. The van der Waals surface area contributed by atoms with E-state index in [0.717, 1.165) is 22.9 Å². The Labute approximate surface area is 150 Å². The molecule has 3 rings (SSSR count). The lowest BCUT2D eigenvalue weighted by Gasteiger charge is -2.12. The zero-order chi connectivity index (χ0) is 18.7. The highest BCUT2D eigenvalue weighted by Gasteiger charge is 2.32. The van der Waals surface area contributed by atoms with Gasteiger partial charge in [0, 0.05) is 10.9 Å². The van der Waals surface area contributed by atoms with Crippen LogP contribution in [-0.4, -0.2) is 22.5 Å². The number of para-hydroxylation sites is 1. The van der Waals surface area contributed by atoms with Gasteiger partial charge in [-0.3, -0.25) is 9.89 Å². The van der Waals surface area contributed by atoms with E-state index >= 15 is 0 Å². The highest BCUT2D eigenvalue weighted by molar-refractivity contribution is 7.08. The molecule has 0 aliphatic carbocycles. The van der Waals surface area contributed by atoms with Gasteiger partial charge in [-0.2, -0.15) is 16.4 Å². The molecule has 2 N–H and O–H groups in total. The third-order valence-electron chi connectivity index (χ3n) is 3.56. The Morgan fingerprint density at radius 3 is 2.77 bits per heavy atom. The zero-order valence-corrected chi connectivity index (χ0v) is 14.4. The lowest BCUT2D eigenvalue weighted by molar-refractivity contribution is -0.274. The van der Waals surface area contributed by atoms with E-state index in [1.165, 1.54) is 18.2 Å². The van der Waals surface area contributed by atoms with E-state index in [4.69, 9.17) is 0 Å². The second-order valence-electron chi connectivity index (χ2n) is 5.47. The Kier molecular flexibility index (Phi) is 4.99. The highest BCUT2D eigenvalue weighted by atomic mass is 32.1. The van der Waals surface area contributed by atoms with Crippen LogP contribution in [0.15, 0.2) is 41.1 Å². The Bertz CT molecular complexity index is 918. The predicted molar refractivity (Wildman–Crippen MR) is 90.9 cm³/mol. The van der Waals surface area contributed by atoms with Crippen LogP contribution >= 0.6 is 11.3 Å². The van der Waals surface area contributed by atoms with E-state index in [2.05, 4.69) is 20.3 Å². The molecule has 0 bridgehead atoms. The number of carbonyl (C=O) groups excluding carboxylic acids is 1. The van der Waals surface area contributed by atoms with Gasteiger partial charge in [-0.25, -0.2) is 0 Å². The van der Waals surface area contributed by atoms with E-state index < -0.39 is 18.0 Å². The number of aryl methyl sites for hydroxylation is 1. The van der Waals surface area contributed by atoms with Crippen molar-refractivity contribution in [3.63, 3.8) is 0 Å². The van der Waals surface area contributed by atoms with Crippen molar-refractivity contribution in [3.05, 3.63) is 57.9 Å². The predicted octanol–water partition coefficient (Wildman–Crippen LogP) is 4.28. The van der Waals surface area contributed by atoms with Gasteiger partial charge in [0.05, 0.1) is 23.5 Å². The molecule has 0 aliphatic heterocycles. The number of nitrogens with one attached hydrogen (secondary N) is 2. The van der Waals surface area contributed by atoms with Crippen LogP contribution < -0.4 is 10.1 Å². The van der Waals surface area contributed by atoms with Crippen LogP contribution in [0.5, 0.6) is 5.75 Å². The first-order valence-electron chi connectivity index (χ1n) is 7.54. The average molecular weight is 381 g/mol. The molecule has 0 fully saturated rings. The van der Waals surface area contributed by atoms with Crippen molar-refractivity contribution in [1.29, 1.82) is 0 Å². The number of H-pyrrole nitrogens is 1. The molecule has 0 unspecified atom stereocenters. The first-order valence-corrected chi connectivity index (χ1v) is 8.48. The number of halogens is 3. The molecule has 2 aromatic heterocycles. The van der Waals surface area contributed by atoms with Crippen LogP contribution in [0.2, 0.25) is 0 Å². The van der Waals surface area contributed by atoms with Crippen LogP contribution in [0.1, 0.15) is 21.6 Å². The highest BCUT2D eigenvalue weighted by Crippen LogP contribution is 2.27. The van der Waals surface area contributed by atoms with Crippen LogP contribution in [0.25, 0.3) is 11.3 Å². The largest absolute Gasteiger partial charge is 0.573 e. The van der Waals surface area contributed by atoms with E-state index in [1.807, 2.05) is 17.7 Å². The maximum absolute atomic E-state index is 12.4. The number of rotatable bonds is 5. The number of nitrogens with zero attached hydrogens (tertiary/aromatic N) is 1. The molecule has 136 valence electrons. The lowest BCUT2D eigenvalue weighted by Crippen LogP contribution is -2.25. The topological polar surface area (TPSA) is 67.0 Å². The fourth-order valence-corrected chi connectivity index (χ4v) is 3.19. The molecule has 0 atom stereocenters. The molecule has 1 aromatic carbocycles. The summed E-state index contributed by atoms with van der Waals surface area (Å²) in [5.41, 5.74) is 3.27. The van der Waals surface area contributed by atoms with Crippen molar-refractivity contribution >= 4 is 17.2 Å². The first kappa shape index (κ1) is 18.0. The molecule has 0 spiro atoms. The van der Waals surface area contributed by atoms with E-state index in [-0.39, 0.29) is 12.1 Å². The van der Waals surface area contributed by atoms with Gasteiger partial charge in [0.1, 0.15) is 5.75 Å². The summed E-state index contributed by atoms with van der Waals surface area (Å²) in [4.78, 5) is 12.2. The molecule has 3 aromatic rings. The zero-order valence-electron chi connectivity index (χ0n) is 13.6. The summed E-state index contributed by atoms with van der Waals surface area (Å²) in [6, 6.07) is 6.97. The SMILES string of the molecule is Cc1cscc1-c1cc(CNC(=O)c2ccccc2OC(F)(F)F)[nH]n1. The fraction of sp³-hybridized carbons (Fsp3) is 0.176. The Balaban J connectivity index is 1.69. The molecule has 26 heavy (non-hydrogen) atoms. The second-order valence-corrected chi connectivity index (χ2v) is 6.22. The van der Waals surface area contributed by atoms with E-state index in [9.17, 15) is 18.0 Å². The van der Waals surface area contributed by atoms with Crippen molar-refractivity contribution in [2.24, 2.45) is 0 Å². The number of aromatic amines is 1. The van der Waals surface area contributed by atoms with E-state index in [0.29, 0.717) is 5.69 Å². The molecule has 0 saturated carbocycles. The second kappa shape index (κ2) is 7.20. The third-order valence-corrected chi connectivity index (χ3v) is 4.42. The maximum Gasteiger partial charge on any atom is 0.573 e. The third kappa shape index (κ3) is 4.23. The van der Waals surface area contributed by atoms with Crippen LogP contribution in [0, 0.1) is 6.92 Å². The number of amides is 1. The minimum atomic E-state index is -4.87. The van der Waals surface area contributed by atoms with Crippen LogP contribution in [0.3, 0.4) is 0 Å². The van der Waals surface area contributed by atoms with Gasteiger partial charge < -0.3 is 10.1 Å². The molecule has 0 saturated heterocycles. The summed E-state index contributed by atoms with van der Waals surface area (Å²) in [7, 11) is 0. The van der Waals surface area contributed by atoms with Gasteiger partial charge in [-0.15, -0.1) is 13.2 Å². The van der Waals surface area contributed by atoms with Gasteiger partial charge in [0.25, 0.3) is 5.91 Å². The summed E-state index contributed by atoms with van der Waals surface area (Å²) in [5, 5.41) is 13.5.